The van der Waals surface area contributed by atoms with E-state index in [2.05, 4.69) is 4.98 Å². The first-order chi connectivity index (χ1) is 15.8. The van der Waals surface area contributed by atoms with E-state index in [1.54, 1.807) is 20.8 Å². The van der Waals surface area contributed by atoms with Crippen LogP contribution in [0.25, 0.3) is 0 Å². The van der Waals surface area contributed by atoms with Crippen molar-refractivity contribution in [2.75, 3.05) is 13.7 Å². The number of Topliss-reactive ketones (excluding diaryl/α,β-unsaturated/α-hetero) is 1. The van der Waals surface area contributed by atoms with Crippen molar-refractivity contribution < 1.29 is 46.5 Å². The van der Waals surface area contributed by atoms with Gasteiger partial charge in [-0.2, -0.15) is 13.2 Å². The van der Waals surface area contributed by atoms with Crippen molar-refractivity contribution >= 4 is 17.7 Å². The zero-order valence-electron chi connectivity index (χ0n) is 20.2. The molecular formula is C23H32F3NO7. The molecule has 0 aliphatic rings. The molecule has 1 aromatic heterocycles. The molecule has 192 valence electrons. The van der Waals surface area contributed by atoms with Crippen LogP contribution in [0.3, 0.4) is 0 Å². The highest BCUT2D eigenvalue weighted by Gasteiger charge is 2.31. The number of alkyl halides is 3. The van der Waals surface area contributed by atoms with E-state index in [-0.39, 0.29) is 42.6 Å². The highest BCUT2D eigenvalue weighted by atomic mass is 19.4. The molecule has 1 aromatic rings. The summed E-state index contributed by atoms with van der Waals surface area (Å²) in [5.74, 6) is -2.95. The normalized spacial score (nSPS) is 14.3. The molecule has 0 saturated heterocycles. The number of pyridine rings is 1. The van der Waals surface area contributed by atoms with Gasteiger partial charge in [0.15, 0.2) is 17.2 Å². The quantitative estimate of drug-likeness (QED) is 0.225. The second kappa shape index (κ2) is 13.3. The molecule has 0 radical (unpaired) electrons. The molecule has 0 bridgehead atoms. The highest BCUT2D eigenvalue weighted by molar-refractivity contribution is 5.99. The number of halogens is 3. The molecule has 0 unspecified atom stereocenters. The largest absolute Gasteiger partial charge is 0.493 e. The summed E-state index contributed by atoms with van der Waals surface area (Å²) >= 11 is 0. The van der Waals surface area contributed by atoms with Crippen LogP contribution in [-0.4, -0.2) is 54.8 Å². The molecule has 0 aliphatic heterocycles. The molecule has 1 heterocycles. The zero-order valence-corrected chi connectivity index (χ0v) is 20.2. The zero-order chi connectivity index (χ0) is 26.1. The van der Waals surface area contributed by atoms with Crippen LogP contribution in [0.4, 0.5) is 13.2 Å². The van der Waals surface area contributed by atoms with E-state index in [0.29, 0.717) is 0 Å². The molecule has 0 spiro atoms. The Kier molecular flexibility index (Phi) is 11.4. The SMILES string of the molecule is COc1ccnc(C(=O)C[C@@H](C)C(=O)O[C@H](C(C)C)[C@H](C)OCCCC(F)(F)F)c1OC(C)=O. The van der Waals surface area contributed by atoms with Crippen LogP contribution in [0.2, 0.25) is 0 Å². The molecule has 0 aromatic carbocycles. The van der Waals surface area contributed by atoms with E-state index < -0.39 is 48.4 Å². The van der Waals surface area contributed by atoms with E-state index in [1.807, 2.05) is 0 Å². The van der Waals surface area contributed by atoms with Gasteiger partial charge in [0.1, 0.15) is 6.10 Å². The third-order valence-electron chi connectivity index (χ3n) is 4.85. The number of esters is 2. The molecule has 11 heteroatoms. The van der Waals surface area contributed by atoms with Crippen molar-refractivity contribution in [3.05, 3.63) is 18.0 Å². The van der Waals surface area contributed by atoms with E-state index in [0.717, 1.165) is 0 Å². The summed E-state index contributed by atoms with van der Waals surface area (Å²) in [6.07, 6.45) is -5.74. The Morgan fingerprint density at radius 1 is 1.12 bits per heavy atom. The van der Waals surface area contributed by atoms with Gasteiger partial charge in [0.2, 0.25) is 5.75 Å². The Hall–Kier alpha value is -2.69. The van der Waals surface area contributed by atoms with E-state index >= 15 is 0 Å². The summed E-state index contributed by atoms with van der Waals surface area (Å²) in [6, 6.07) is 1.43. The lowest BCUT2D eigenvalue weighted by Gasteiger charge is -2.28. The number of hydrogen-bond donors (Lipinski definition) is 0. The maximum absolute atomic E-state index is 12.8. The van der Waals surface area contributed by atoms with E-state index in [4.69, 9.17) is 18.9 Å². The van der Waals surface area contributed by atoms with E-state index in [9.17, 15) is 27.6 Å². The van der Waals surface area contributed by atoms with Crippen LogP contribution < -0.4 is 9.47 Å². The van der Waals surface area contributed by atoms with Crippen LogP contribution in [0.5, 0.6) is 11.5 Å². The van der Waals surface area contributed by atoms with Crippen molar-refractivity contribution in [2.45, 2.75) is 72.3 Å². The molecule has 8 nitrogen and oxygen atoms in total. The monoisotopic (exact) mass is 491 g/mol. The maximum atomic E-state index is 12.8. The predicted octanol–water partition coefficient (Wildman–Crippen LogP) is 4.54. The van der Waals surface area contributed by atoms with Gasteiger partial charge in [-0.3, -0.25) is 14.4 Å². The molecule has 0 saturated carbocycles. The molecule has 3 atom stereocenters. The Balaban J connectivity index is 2.81. The summed E-state index contributed by atoms with van der Waals surface area (Å²) in [7, 11) is 1.34. The molecule has 1 rings (SSSR count). The lowest BCUT2D eigenvalue weighted by molar-refractivity contribution is -0.166. The standard InChI is InChI=1S/C23H32F3NO7/c1-13(2)20(15(4)32-11-7-9-23(24,25)26)34-22(30)14(3)12-17(29)19-21(33-16(5)28)18(31-6)8-10-27-19/h8,10,13-15,20H,7,9,11-12H2,1-6H3/t14-,15+,20-/m1/s1. The smallest absolute Gasteiger partial charge is 0.389 e. The molecule has 0 N–H and O–H groups in total. The van der Waals surface area contributed by atoms with Crippen molar-refractivity contribution in [2.24, 2.45) is 11.8 Å². The van der Waals surface area contributed by atoms with Crippen LogP contribution in [0.15, 0.2) is 12.3 Å². The van der Waals surface area contributed by atoms with Crippen LogP contribution in [0, 0.1) is 11.8 Å². The van der Waals surface area contributed by atoms with Gasteiger partial charge >= 0.3 is 18.1 Å². The second-order valence-electron chi connectivity index (χ2n) is 8.25. The number of carbonyl (C=O) groups is 3. The van der Waals surface area contributed by atoms with Crippen molar-refractivity contribution in [1.29, 1.82) is 0 Å². The fourth-order valence-corrected chi connectivity index (χ4v) is 3.15. The Morgan fingerprint density at radius 3 is 2.29 bits per heavy atom. The van der Waals surface area contributed by atoms with Gasteiger partial charge in [-0.05, 0) is 19.3 Å². The molecule has 0 amide bonds. The summed E-state index contributed by atoms with van der Waals surface area (Å²) in [5.41, 5.74) is -0.157. The van der Waals surface area contributed by atoms with Gasteiger partial charge < -0.3 is 18.9 Å². The Bertz CT molecular complexity index is 842. The van der Waals surface area contributed by atoms with Gasteiger partial charge in [0, 0.05) is 38.6 Å². The molecule has 34 heavy (non-hydrogen) atoms. The average Bonchev–Trinajstić information content (AvgIpc) is 2.73. The van der Waals surface area contributed by atoms with Gasteiger partial charge in [0.05, 0.1) is 19.1 Å². The third kappa shape index (κ3) is 9.66. The van der Waals surface area contributed by atoms with Gasteiger partial charge in [-0.25, -0.2) is 4.98 Å². The topological polar surface area (TPSA) is 101 Å². The minimum Gasteiger partial charge on any atom is -0.493 e. The first-order valence-corrected chi connectivity index (χ1v) is 10.9. The number of rotatable bonds is 13. The number of hydrogen-bond acceptors (Lipinski definition) is 8. The van der Waals surface area contributed by atoms with Crippen LogP contribution in [0.1, 0.15) is 64.4 Å². The van der Waals surface area contributed by atoms with Crippen LogP contribution >= 0.6 is 0 Å². The van der Waals surface area contributed by atoms with Crippen LogP contribution in [-0.2, 0) is 19.1 Å². The fraction of sp³-hybridized carbons (Fsp3) is 0.652. The van der Waals surface area contributed by atoms with Crippen molar-refractivity contribution in [3.63, 3.8) is 0 Å². The van der Waals surface area contributed by atoms with Gasteiger partial charge in [0.25, 0.3) is 0 Å². The number of methoxy groups -OCH3 is 1. The molecule has 0 fully saturated rings. The lowest BCUT2D eigenvalue weighted by Crippen LogP contribution is -2.37. The molecule has 0 aliphatic carbocycles. The number of ether oxygens (including phenoxy) is 4. The Morgan fingerprint density at radius 2 is 1.76 bits per heavy atom. The summed E-state index contributed by atoms with van der Waals surface area (Å²) in [5, 5.41) is 0. The average molecular weight is 492 g/mol. The first-order valence-electron chi connectivity index (χ1n) is 10.9. The predicted molar refractivity (Wildman–Crippen MR) is 116 cm³/mol. The number of nitrogens with zero attached hydrogens (tertiary/aromatic N) is 1. The number of aromatic nitrogens is 1. The Labute approximate surface area is 197 Å². The van der Waals surface area contributed by atoms with Crippen molar-refractivity contribution in [1.82, 2.24) is 4.98 Å². The lowest BCUT2D eigenvalue weighted by atomic mass is 10.00. The summed E-state index contributed by atoms with van der Waals surface area (Å²) < 4.78 is 58.1. The fourth-order valence-electron chi connectivity index (χ4n) is 3.15. The van der Waals surface area contributed by atoms with Gasteiger partial charge in [-0.15, -0.1) is 0 Å². The summed E-state index contributed by atoms with van der Waals surface area (Å²) in [4.78, 5) is 40.9. The minimum atomic E-state index is -4.26. The maximum Gasteiger partial charge on any atom is 0.389 e. The minimum absolute atomic E-state index is 0.129. The van der Waals surface area contributed by atoms with Gasteiger partial charge in [-0.1, -0.05) is 20.8 Å². The highest BCUT2D eigenvalue weighted by Crippen LogP contribution is 2.31. The third-order valence-corrected chi connectivity index (χ3v) is 4.85. The van der Waals surface area contributed by atoms with E-state index in [1.165, 1.54) is 33.2 Å². The number of carbonyl (C=O) groups excluding carboxylic acids is 3. The van der Waals surface area contributed by atoms with Crippen molar-refractivity contribution in [3.8, 4) is 11.5 Å². The second-order valence-corrected chi connectivity index (χ2v) is 8.25. The number of ketones is 1. The summed E-state index contributed by atoms with van der Waals surface area (Å²) in [6.45, 7) is 7.73. The first kappa shape index (κ1) is 29.3. The molecular weight excluding hydrogens is 459 g/mol.